The summed E-state index contributed by atoms with van der Waals surface area (Å²) < 4.78 is 0. The molecule has 8 rings (SSSR count). The van der Waals surface area contributed by atoms with Crippen molar-refractivity contribution in [3.8, 4) is 33.6 Å². The van der Waals surface area contributed by atoms with Gasteiger partial charge in [0, 0.05) is 16.5 Å². The maximum Gasteiger partial charge on any atom is 0.0711 e. The largest absolute Gasteiger partial charge is 0.252 e. The lowest BCUT2D eigenvalue weighted by molar-refractivity contribution is 0.326. The van der Waals surface area contributed by atoms with E-state index in [2.05, 4.69) is 177 Å². The van der Waals surface area contributed by atoms with Gasteiger partial charge in [-0.25, -0.2) is 0 Å². The molecular formula is C50H52N2. The molecule has 2 aliphatic carbocycles. The van der Waals surface area contributed by atoms with Gasteiger partial charge in [0.2, 0.25) is 0 Å². The molecule has 0 atom stereocenters. The van der Waals surface area contributed by atoms with Crippen molar-refractivity contribution in [3.05, 3.63) is 166 Å². The highest BCUT2D eigenvalue weighted by Gasteiger charge is 2.42. The van der Waals surface area contributed by atoms with Crippen molar-refractivity contribution in [1.82, 2.24) is 9.97 Å². The van der Waals surface area contributed by atoms with Crippen LogP contribution in [0, 0.1) is 5.41 Å². The third-order valence-electron chi connectivity index (χ3n) is 11.8. The predicted octanol–water partition coefficient (Wildman–Crippen LogP) is 12.3. The monoisotopic (exact) mass is 680 g/mol. The Kier molecular flexibility index (Phi) is 8.18. The number of hydrogen-bond acceptors (Lipinski definition) is 2. The molecular weight excluding hydrogens is 629 g/mol. The SMILES string of the molecule is CC(C)(C)c1ccc(-c2cc(-c3ccccc3)nc(C(C)(C)c3cccc(-c4ccc5c(c4)CC4(Cc6ccccc6C4)C5)n3)c2)c(C(C)(C)C)c1. The molecule has 2 nitrogen and oxygen atoms in total. The van der Waals surface area contributed by atoms with Crippen LogP contribution in [0.15, 0.2) is 121 Å². The minimum atomic E-state index is -0.445. The van der Waals surface area contributed by atoms with Crippen LogP contribution in [0.25, 0.3) is 33.6 Å². The summed E-state index contributed by atoms with van der Waals surface area (Å²) in [6.45, 7) is 18.4. The van der Waals surface area contributed by atoms with E-state index >= 15 is 0 Å². The van der Waals surface area contributed by atoms with Gasteiger partial charge in [-0.1, -0.05) is 133 Å². The Morgan fingerprint density at radius 3 is 1.75 bits per heavy atom. The highest BCUT2D eigenvalue weighted by atomic mass is 14.8. The summed E-state index contributed by atoms with van der Waals surface area (Å²) in [5.74, 6) is 0. The zero-order chi connectivity index (χ0) is 36.5. The lowest BCUT2D eigenvalue weighted by Gasteiger charge is -2.29. The molecule has 4 aromatic carbocycles. The van der Waals surface area contributed by atoms with Gasteiger partial charge in [0.1, 0.15) is 0 Å². The fourth-order valence-corrected chi connectivity index (χ4v) is 8.74. The van der Waals surface area contributed by atoms with Crippen LogP contribution in [-0.4, -0.2) is 9.97 Å². The molecule has 1 spiro atoms. The van der Waals surface area contributed by atoms with Gasteiger partial charge in [0.25, 0.3) is 0 Å². The average Bonchev–Trinajstić information content (AvgIpc) is 3.68. The van der Waals surface area contributed by atoms with E-state index in [0.717, 1.165) is 34.8 Å². The summed E-state index contributed by atoms with van der Waals surface area (Å²) in [6, 6.07) is 44.9. The Morgan fingerprint density at radius 1 is 0.442 bits per heavy atom. The smallest absolute Gasteiger partial charge is 0.0711 e. The minimum absolute atomic E-state index is 0.0322. The van der Waals surface area contributed by atoms with E-state index in [-0.39, 0.29) is 10.8 Å². The molecule has 0 saturated carbocycles. The van der Waals surface area contributed by atoms with Gasteiger partial charge >= 0.3 is 0 Å². The first kappa shape index (κ1) is 34.3. The van der Waals surface area contributed by atoms with Crippen molar-refractivity contribution in [1.29, 1.82) is 0 Å². The standard InChI is InChI=1S/C50H52N2/c1-47(2,3)40-23-24-41(42(28-40)48(4,5)6)38-26-44(33-15-10-9-11-16-33)52-46(27-38)49(7,8)45-20-14-19-43(51-45)34-21-22-37-31-50(32-39(37)25-34)29-35-17-12-13-18-36(35)30-50/h9-28H,29-32H2,1-8H3. The number of fused-ring (bicyclic) bond motifs is 2. The molecule has 0 N–H and O–H groups in total. The zero-order valence-corrected chi connectivity index (χ0v) is 32.3. The topological polar surface area (TPSA) is 25.8 Å². The van der Waals surface area contributed by atoms with Crippen LogP contribution >= 0.6 is 0 Å². The lowest BCUT2D eigenvalue weighted by Crippen LogP contribution is -2.23. The van der Waals surface area contributed by atoms with Gasteiger partial charge in [-0.05, 0) is 131 Å². The van der Waals surface area contributed by atoms with Crippen LogP contribution in [0.4, 0.5) is 0 Å². The van der Waals surface area contributed by atoms with E-state index in [9.17, 15) is 0 Å². The fourth-order valence-electron chi connectivity index (χ4n) is 8.74. The third kappa shape index (κ3) is 6.31. The van der Waals surface area contributed by atoms with Crippen molar-refractivity contribution in [2.45, 2.75) is 97.3 Å². The van der Waals surface area contributed by atoms with Crippen LogP contribution < -0.4 is 0 Å². The molecule has 0 radical (unpaired) electrons. The summed E-state index contributed by atoms with van der Waals surface area (Å²) in [5, 5.41) is 0. The molecule has 6 aromatic rings. The first-order chi connectivity index (χ1) is 24.7. The van der Waals surface area contributed by atoms with E-state index in [4.69, 9.17) is 9.97 Å². The van der Waals surface area contributed by atoms with Crippen molar-refractivity contribution in [2.75, 3.05) is 0 Å². The van der Waals surface area contributed by atoms with Crippen molar-refractivity contribution >= 4 is 0 Å². The van der Waals surface area contributed by atoms with Gasteiger partial charge < -0.3 is 0 Å². The Bertz CT molecular complexity index is 2270. The maximum atomic E-state index is 5.40. The number of nitrogens with zero attached hydrogens (tertiary/aromatic N) is 2. The van der Waals surface area contributed by atoms with Crippen molar-refractivity contribution in [3.63, 3.8) is 0 Å². The van der Waals surface area contributed by atoms with E-state index in [1.165, 1.54) is 69.3 Å². The van der Waals surface area contributed by atoms with E-state index in [0.29, 0.717) is 5.41 Å². The molecule has 0 aliphatic heterocycles. The fraction of sp³-hybridized carbons (Fsp3) is 0.320. The number of hydrogen-bond donors (Lipinski definition) is 0. The summed E-state index contributed by atoms with van der Waals surface area (Å²) in [5.41, 5.74) is 17.5. The summed E-state index contributed by atoms with van der Waals surface area (Å²) >= 11 is 0. The quantitative estimate of drug-likeness (QED) is 0.181. The van der Waals surface area contributed by atoms with Gasteiger partial charge in [0.15, 0.2) is 0 Å². The van der Waals surface area contributed by atoms with E-state index in [1.54, 1.807) is 0 Å². The van der Waals surface area contributed by atoms with E-state index in [1.807, 2.05) is 0 Å². The first-order valence-electron chi connectivity index (χ1n) is 19.1. The zero-order valence-electron chi connectivity index (χ0n) is 32.3. The van der Waals surface area contributed by atoms with Crippen LogP contribution in [0.3, 0.4) is 0 Å². The second kappa shape index (κ2) is 12.4. The number of rotatable bonds is 5. The number of benzene rings is 4. The molecule has 0 unspecified atom stereocenters. The molecule has 2 heterocycles. The molecule has 2 aliphatic rings. The Morgan fingerprint density at radius 2 is 1.08 bits per heavy atom. The molecule has 2 heteroatoms. The average molecular weight is 681 g/mol. The molecule has 0 fully saturated rings. The predicted molar refractivity (Wildman–Crippen MR) is 218 cm³/mol. The summed E-state index contributed by atoms with van der Waals surface area (Å²) in [6.07, 6.45) is 4.68. The molecule has 2 aromatic heterocycles. The van der Waals surface area contributed by atoms with Gasteiger partial charge in [0.05, 0.1) is 22.8 Å². The molecule has 52 heavy (non-hydrogen) atoms. The Hall–Kier alpha value is -4.82. The summed E-state index contributed by atoms with van der Waals surface area (Å²) in [4.78, 5) is 10.8. The van der Waals surface area contributed by atoms with Crippen molar-refractivity contribution in [2.24, 2.45) is 5.41 Å². The maximum absolute atomic E-state index is 5.40. The number of pyridine rings is 2. The van der Waals surface area contributed by atoms with Crippen LogP contribution in [0.2, 0.25) is 0 Å². The second-order valence-corrected chi connectivity index (χ2v) is 18.2. The van der Waals surface area contributed by atoms with Gasteiger partial charge in [-0.2, -0.15) is 0 Å². The molecule has 262 valence electrons. The molecule has 0 amide bonds. The van der Waals surface area contributed by atoms with Crippen LogP contribution in [-0.2, 0) is 41.9 Å². The van der Waals surface area contributed by atoms with Crippen molar-refractivity contribution < 1.29 is 0 Å². The Balaban J connectivity index is 1.18. The molecule has 0 saturated heterocycles. The van der Waals surface area contributed by atoms with Gasteiger partial charge in [-0.3, -0.25) is 9.97 Å². The highest BCUT2D eigenvalue weighted by molar-refractivity contribution is 5.75. The van der Waals surface area contributed by atoms with Gasteiger partial charge in [-0.15, -0.1) is 0 Å². The number of aromatic nitrogens is 2. The Labute approximate surface area is 311 Å². The van der Waals surface area contributed by atoms with E-state index < -0.39 is 5.41 Å². The second-order valence-electron chi connectivity index (χ2n) is 18.2. The normalized spacial score (nSPS) is 15.2. The lowest BCUT2D eigenvalue weighted by atomic mass is 9.76. The highest BCUT2D eigenvalue weighted by Crippen LogP contribution is 2.48. The minimum Gasteiger partial charge on any atom is -0.252 e. The van der Waals surface area contributed by atoms with Crippen LogP contribution in [0.5, 0.6) is 0 Å². The molecule has 0 bridgehead atoms. The first-order valence-corrected chi connectivity index (χ1v) is 19.1. The summed E-state index contributed by atoms with van der Waals surface area (Å²) in [7, 11) is 0. The third-order valence-corrected chi connectivity index (χ3v) is 11.8. The van der Waals surface area contributed by atoms with Crippen LogP contribution in [0.1, 0.15) is 100 Å².